The predicted octanol–water partition coefficient (Wildman–Crippen LogP) is 2.61. The van der Waals surface area contributed by atoms with E-state index in [0.29, 0.717) is 18.1 Å². The lowest BCUT2D eigenvalue weighted by molar-refractivity contribution is 0.0947. The van der Waals surface area contributed by atoms with Crippen LogP contribution in [0.25, 0.3) is 0 Å². The molecular weight excluding hydrogens is 240 g/mol. The standard InChI is InChI=1S/C14H24N4O/c1-3-4-5-6-7-8-9-16-14(19)12-10-18-13(15-2)11-17-12/h10-11H,3-9H2,1-2H3,(H,15,18)(H,16,19). The highest BCUT2D eigenvalue weighted by Crippen LogP contribution is 2.04. The van der Waals surface area contributed by atoms with Crippen molar-refractivity contribution < 1.29 is 4.79 Å². The summed E-state index contributed by atoms with van der Waals surface area (Å²) in [6.45, 7) is 2.92. The molecule has 0 radical (unpaired) electrons. The Morgan fingerprint density at radius 2 is 1.84 bits per heavy atom. The normalized spacial score (nSPS) is 10.2. The third kappa shape index (κ3) is 6.18. The molecule has 0 aliphatic carbocycles. The summed E-state index contributed by atoms with van der Waals surface area (Å²) in [5.41, 5.74) is 0.366. The van der Waals surface area contributed by atoms with E-state index in [9.17, 15) is 4.79 Å². The number of aromatic nitrogens is 2. The van der Waals surface area contributed by atoms with Gasteiger partial charge in [0.2, 0.25) is 0 Å². The van der Waals surface area contributed by atoms with Gasteiger partial charge in [-0.3, -0.25) is 4.79 Å². The molecule has 0 spiro atoms. The van der Waals surface area contributed by atoms with Gasteiger partial charge >= 0.3 is 0 Å². The maximum absolute atomic E-state index is 11.7. The minimum Gasteiger partial charge on any atom is -0.372 e. The van der Waals surface area contributed by atoms with Crippen LogP contribution in [-0.4, -0.2) is 29.5 Å². The van der Waals surface area contributed by atoms with Crippen molar-refractivity contribution in [1.29, 1.82) is 0 Å². The molecule has 1 aromatic heterocycles. The van der Waals surface area contributed by atoms with Crippen LogP contribution in [-0.2, 0) is 0 Å². The zero-order valence-corrected chi connectivity index (χ0v) is 11.9. The topological polar surface area (TPSA) is 66.9 Å². The maximum atomic E-state index is 11.7. The summed E-state index contributed by atoms with van der Waals surface area (Å²) in [6, 6.07) is 0. The minimum absolute atomic E-state index is 0.149. The molecule has 106 valence electrons. The van der Waals surface area contributed by atoms with E-state index in [0.717, 1.165) is 6.42 Å². The Morgan fingerprint density at radius 3 is 2.47 bits per heavy atom. The first kappa shape index (κ1) is 15.4. The maximum Gasteiger partial charge on any atom is 0.271 e. The quantitative estimate of drug-likeness (QED) is 0.673. The molecule has 1 heterocycles. The molecule has 0 bridgehead atoms. The number of carbonyl (C=O) groups is 1. The molecule has 0 saturated carbocycles. The van der Waals surface area contributed by atoms with Gasteiger partial charge in [-0.1, -0.05) is 39.0 Å². The summed E-state index contributed by atoms with van der Waals surface area (Å²) in [7, 11) is 1.77. The fraction of sp³-hybridized carbons (Fsp3) is 0.643. The van der Waals surface area contributed by atoms with Crippen molar-refractivity contribution >= 4 is 11.7 Å². The lowest BCUT2D eigenvalue weighted by atomic mass is 10.1. The van der Waals surface area contributed by atoms with Gasteiger partial charge in [-0.25, -0.2) is 9.97 Å². The largest absolute Gasteiger partial charge is 0.372 e. The highest BCUT2D eigenvalue weighted by atomic mass is 16.1. The summed E-state index contributed by atoms with van der Waals surface area (Å²) in [5.74, 6) is 0.510. The monoisotopic (exact) mass is 264 g/mol. The fourth-order valence-electron chi connectivity index (χ4n) is 1.77. The van der Waals surface area contributed by atoms with Gasteiger partial charge in [0, 0.05) is 13.6 Å². The van der Waals surface area contributed by atoms with Crippen molar-refractivity contribution in [3.05, 3.63) is 18.1 Å². The number of anilines is 1. The van der Waals surface area contributed by atoms with E-state index in [-0.39, 0.29) is 5.91 Å². The van der Waals surface area contributed by atoms with Crippen LogP contribution < -0.4 is 10.6 Å². The second-order valence-electron chi connectivity index (χ2n) is 4.56. The zero-order valence-electron chi connectivity index (χ0n) is 11.9. The first-order valence-corrected chi connectivity index (χ1v) is 7.06. The van der Waals surface area contributed by atoms with Crippen molar-refractivity contribution in [1.82, 2.24) is 15.3 Å². The van der Waals surface area contributed by atoms with E-state index in [1.54, 1.807) is 13.2 Å². The number of carbonyl (C=O) groups excluding carboxylic acids is 1. The molecule has 2 N–H and O–H groups in total. The summed E-state index contributed by atoms with van der Waals surface area (Å²) in [5, 5.41) is 5.73. The average Bonchev–Trinajstić information content (AvgIpc) is 2.46. The fourth-order valence-corrected chi connectivity index (χ4v) is 1.77. The molecule has 19 heavy (non-hydrogen) atoms. The van der Waals surface area contributed by atoms with Gasteiger partial charge in [0.05, 0.1) is 12.4 Å². The van der Waals surface area contributed by atoms with Gasteiger partial charge in [-0.05, 0) is 6.42 Å². The van der Waals surface area contributed by atoms with Crippen LogP contribution in [0.4, 0.5) is 5.82 Å². The molecule has 0 aromatic carbocycles. The Bertz CT molecular complexity index is 364. The van der Waals surface area contributed by atoms with E-state index in [4.69, 9.17) is 0 Å². The molecule has 1 aromatic rings. The summed E-state index contributed by atoms with van der Waals surface area (Å²) >= 11 is 0. The van der Waals surface area contributed by atoms with Crippen molar-refractivity contribution in [3.63, 3.8) is 0 Å². The molecule has 0 aliphatic rings. The number of rotatable bonds is 9. The first-order chi connectivity index (χ1) is 9.27. The van der Waals surface area contributed by atoms with Crippen LogP contribution in [0.15, 0.2) is 12.4 Å². The van der Waals surface area contributed by atoms with Gasteiger partial charge in [0.25, 0.3) is 5.91 Å². The number of unbranched alkanes of at least 4 members (excludes halogenated alkanes) is 5. The third-order valence-electron chi connectivity index (χ3n) is 2.96. The summed E-state index contributed by atoms with van der Waals surface area (Å²) in [6.07, 6.45) is 10.4. The molecular formula is C14H24N4O. The zero-order chi connectivity index (χ0) is 13.9. The highest BCUT2D eigenvalue weighted by molar-refractivity contribution is 5.91. The van der Waals surface area contributed by atoms with E-state index in [2.05, 4.69) is 27.5 Å². The Balaban J connectivity index is 2.16. The Labute approximate surface area is 115 Å². The molecule has 5 heteroatoms. The number of amides is 1. The van der Waals surface area contributed by atoms with Crippen molar-refractivity contribution in [2.45, 2.75) is 45.4 Å². The minimum atomic E-state index is -0.149. The van der Waals surface area contributed by atoms with E-state index < -0.39 is 0 Å². The van der Waals surface area contributed by atoms with Crippen molar-refractivity contribution in [2.75, 3.05) is 18.9 Å². The molecule has 1 amide bonds. The van der Waals surface area contributed by atoms with Crippen LogP contribution in [0.3, 0.4) is 0 Å². The van der Waals surface area contributed by atoms with E-state index >= 15 is 0 Å². The molecule has 5 nitrogen and oxygen atoms in total. The SMILES string of the molecule is CCCCCCCCNC(=O)c1cnc(NC)cn1. The second kappa shape index (κ2) is 9.30. The van der Waals surface area contributed by atoms with Crippen LogP contribution in [0.2, 0.25) is 0 Å². The molecule has 0 fully saturated rings. The Kier molecular flexibility index (Phi) is 7.54. The van der Waals surface area contributed by atoms with E-state index in [1.807, 2.05) is 0 Å². The van der Waals surface area contributed by atoms with Crippen LogP contribution in [0.5, 0.6) is 0 Å². The lowest BCUT2D eigenvalue weighted by Gasteiger charge is -2.05. The first-order valence-electron chi connectivity index (χ1n) is 7.06. The highest BCUT2D eigenvalue weighted by Gasteiger charge is 2.06. The molecule has 0 saturated heterocycles. The molecule has 1 rings (SSSR count). The second-order valence-corrected chi connectivity index (χ2v) is 4.56. The van der Waals surface area contributed by atoms with Crippen LogP contribution >= 0.6 is 0 Å². The predicted molar refractivity (Wildman–Crippen MR) is 77.3 cm³/mol. The van der Waals surface area contributed by atoms with Gasteiger partial charge in [0.1, 0.15) is 11.5 Å². The lowest BCUT2D eigenvalue weighted by Crippen LogP contribution is -2.25. The van der Waals surface area contributed by atoms with Gasteiger partial charge in [-0.15, -0.1) is 0 Å². The summed E-state index contributed by atoms with van der Waals surface area (Å²) in [4.78, 5) is 19.9. The Morgan fingerprint density at radius 1 is 1.11 bits per heavy atom. The summed E-state index contributed by atoms with van der Waals surface area (Å²) < 4.78 is 0. The number of hydrogen-bond donors (Lipinski definition) is 2. The Hall–Kier alpha value is -1.65. The number of nitrogens with one attached hydrogen (secondary N) is 2. The average molecular weight is 264 g/mol. The van der Waals surface area contributed by atoms with Crippen LogP contribution in [0.1, 0.15) is 55.9 Å². The van der Waals surface area contributed by atoms with Crippen molar-refractivity contribution in [3.8, 4) is 0 Å². The third-order valence-corrected chi connectivity index (χ3v) is 2.96. The van der Waals surface area contributed by atoms with Gasteiger partial charge in [-0.2, -0.15) is 0 Å². The van der Waals surface area contributed by atoms with E-state index in [1.165, 1.54) is 38.3 Å². The molecule has 0 aliphatic heterocycles. The molecule has 0 unspecified atom stereocenters. The van der Waals surface area contributed by atoms with Gasteiger partial charge < -0.3 is 10.6 Å². The van der Waals surface area contributed by atoms with Gasteiger partial charge in [0.15, 0.2) is 0 Å². The number of nitrogens with zero attached hydrogens (tertiary/aromatic N) is 2. The van der Waals surface area contributed by atoms with Crippen molar-refractivity contribution in [2.24, 2.45) is 0 Å². The smallest absolute Gasteiger partial charge is 0.271 e. The van der Waals surface area contributed by atoms with Crippen LogP contribution in [0, 0.1) is 0 Å². The number of hydrogen-bond acceptors (Lipinski definition) is 4. The molecule has 0 atom stereocenters.